The van der Waals surface area contributed by atoms with Gasteiger partial charge in [0.15, 0.2) is 11.5 Å². The van der Waals surface area contributed by atoms with Crippen molar-refractivity contribution >= 4 is 24.6 Å². The fraction of sp³-hybridized carbons (Fsp3) is 0.567. The van der Waals surface area contributed by atoms with Crippen molar-refractivity contribution in [2.75, 3.05) is 31.9 Å². The van der Waals surface area contributed by atoms with Gasteiger partial charge in [-0.3, -0.25) is 4.57 Å². The van der Waals surface area contributed by atoms with E-state index in [1.54, 1.807) is 36.0 Å². The lowest BCUT2D eigenvalue weighted by Gasteiger charge is -2.17. The van der Waals surface area contributed by atoms with Crippen LogP contribution in [0.25, 0.3) is 11.2 Å². The molecule has 0 aliphatic heterocycles. The first-order chi connectivity index (χ1) is 20.4. The lowest BCUT2D eigenvalue weighted by Crippen LogP contribution is -2.17. The summed E-state index contributed by atoms with van der Waals surface area (Å²) in [5.74, 6) is 6.01. The summed E-state index contributed by atoms with van der Waals surface area (Å²) < 4.78 is 43.9. The summed E-state index contributed by atoms with van der Waals surface area (Å²) in [5.41, 5.74) is 7.36. The average Bonchev–Trinajstić information content (AvgIpc) is 3.38. The summed E-state index contributed by atoms with van der Waals surface area (Å²) in [6, 6.07) is 6.61. The molecule has 2 atom stereocenters. The molecule has 0 amide bonds. The molecule has 230 valence electrons. The van der Waals surface area contributed by atoms with Crippen LogP contribution in [0.1, 0.15) is 76.7 Å². The Bertz CT molecular complexity index is 1330. The van der Waals surface area contributed by atoms with Gasteiger partial charge in [0.2, 0.25) is 0 Å². The van der Waals surface area contributed by atoms with Crippen LogP contribution < -0.4 is 5.73 Å². The van der Waals surface area contributed by atoms with Gasteiger partial charge < -0.3 is 29.2 Å². The molecule has 0 aliphatic carbocycles. The Morgan fingerprint density at radius 3 is 2.50 bits per heavy atom. The molecule has 12 heteroatoms. The van der Waals surface area contributed by atoms with Gasteiger partial charge in [0, 0.05) is 19.6 Å². The van der Waals surface area contributed by atoms with E-state index in [9.17, 15) is 13.8 Å². The molecule has 0 aliphatic rings. The fourth-order valence-corrected chi connectivity index (χ4v) is 5.22. The van der Waals surface area contributed by atoms with Crippen molar-refractivity contribution in [2.24, 2.45) is 0 Å². The highest BCUT2D eigenvalue weighted by Gasteiger charge is 2.21. The number of benzene rings is 1. The van der Waals surface area contributed by atoms with E-state index in [-0.39, 0.29) is 18.5 Å². The van der Waals surface area contributed by atoms with Crippen LogP contribution in [0.5, 0.6) is 0 Å². The first-order valence-electron chi connectivity index (χ1n) is 14.7. The van der Waals surface area contributed by atoms with Gasteiger partial charge in [0.1, 0.15) is 24.0 Å². The van der Waals surface area contributed by atoms with Crippen LogP contribution in [0, 0.1) is 17.7 Å². The third-order valence-electron chi connectivity index (χ3n) is 6.57. The van der Waals surface area contributed by atoms with Crippen molar-refractivity contribution in [3.05, 3.63) is 48.3 Å². The molecular formula is C30H43FN5O5P. The van der Waals surface area contributed by atoms with Gasteiger partial charge in [-0.05, 0) is 38.3 Å². The van der Waals surface area contributed by atoms with Crippen LogP contribution in [0.15, 0.2) is 36.9 Å². The van der Waals surface area contributed by atoms with E-state index >= 15 is 0 Å². The van der Waals surface area contributed by atoms with E-state index < -0.39 is 13.9 Å². The van der Waals surface area contributed by atoms with E-state index in [1.165, 1.54) is 38.1 Å². The van der Waals surface area contributed by atoms with E-state index in [0.29, 0.717) is 48.7 Å². The smallest absolute Gasteiger partial charge is 0.353 e. The molecule has 2 aromatic heterocycles. The van der Waals surface area contributed by atoms with Crippen LogP contribution in [-0.2, 0) is 25.1 Å². The Morgan fingerprint density at radius 1 is 1.00 bits per heavy atom. The van der Waals surface area contributed by atoms with Crippen LogP contribution in [0.3, 0.4) is 0 Å². The zero-order chi connectivity index (χ0) is 30.0. The molecule has 3 N–H and O–H groups in total. The molecule has 3 rings (SSSR count). The molecule has 3 aromatic rings. The van der Waals surface area contributed by atoms with Crippen molar-refractivity contribution in [1.82, 2.24) is 19.5 Å². The lowest BCUT2D eigenvalue weighted by atomic mass is 10.1. The van der Waals surface area contributed by atoms with Crippen molar-refractivity contribution in [2.45, 2.75) is 83.8 Å². The minimum atomic E-state index is -3.86. The fourth-order valence-electron chi connectivity index (χ4n) is 4.29. The van der Waals surface area contributed by atoms with Gasteiger partial charge in [0.25, 0.3) is 0 Å². The molecule has 0 saturated carbocycles. The quantitative estimate of drug-likeness (QED) is 0.0895. The number of hydrogen-bond acceptors (Lipinski definition) is 8. The molecule has 0 spiro atoms. The van der Waals surface area contributed by atoms with Crippen LogP contribution >= 0.6 is 7.60 Å². The second-order valence-corrected chi connectivity index (χ2v) is 12.0. The van der Waals surface area contributed by atoms with E-state index in [2.05, 4.69) is 26.8 Å². The minimum Gasteiger partial charge on any atom is -0.382 e. The van der Waals surface area contributed by atoms with Crippen LogP contribution in [-0.4, -0.2) is 56.7 Å². The number of fused-ring (bicyclic) bond motifs is 1. The van der Waals surface area contributed by atoms with Crippen molar-refractivity contribution in [1.29, 1.82) is 0 Å². The number of hydrogen-bond donors (Lipinski definition) is 2. The Kier molecular flexibility index (Phi) is 14.9. The lowest BCUT2D eigenvalue weighted by molar-refractivity contribution is 0.0688. The molecule has 1 aromatic carbocycles. The predicted octanol–water partition coefficient (Wildman–Crippen LogP) is 6.08. The van der Waals surface area contributed by atoms with Crippen molar-refractivity contribution in [3.8, 4) is 11.8 Å². The minimum absolute atomic E-state index is 0.128. The zero-order valence-electron chi connectivity index (χ0n) is 24.4. The highest BCUT2D eigenvalue weighted by molar-refractivity contribution is 7.52. The molecular weight excluding hydrogens is 560 g/mol. The number of aromatic nitrogens is 4. The van der Waals surface area contributed by atoms with Gasteiger partial charge in [-0.15, -0.1) is 0 Å². The highest BCUT2D eigenvalue weighted by Crippen LogP contribution is 2.42. The van der Waals surface area contributed by atoms with Crippen molar-refractivity contribution in [3.63, 3.8) is 0 Å². The molecule has 0 fully saturated rings. The van der Waals surface area contributed by atoms with Gasteiger partial charge in [-0.2, -0.15) is 0 Å². The van der Waals surface area contributed by atoms with Gasteiger partial charge in [0.05, 0.1) is 31.1 Å². The average molecular weight is 604 g/mol. The first-order valence-corrected chi connectivity index (χ1v) is 16.4. The molecule has 1 unspecified atom stereocenters. The largest absolute Gasteiger partial charge is 0.382 e. The zero-order valence-corrected chi connectivity index (χ0v) is 25.3. The van der Waals surface area contributed by atoms with Gasteiger partial charge >= 0.3 is 7.60 Å². The van der Waals surface area contributed by atoms with Crippen LogP contribution in [0.2, 0.25) is 0 Å². The maximum absolute atomic E-state index is 13.5. The number of imidazole rings is 1. The molecule has 0 bridgehead atoms. The molecule has 10 nitrogen and oxygen atoms in total. The number of nitrogens with zero attached hydrogens (tertiary/aromatic N) is 4. The molecule has 42 heavy (non-hydrogen) atoms. The first kappa shape index (κ1) is 33.6. The van der Waals surface area contributed by atoms with Crippen molar-refractivity contribution < 1.29 is 27.8 Å². The summed E-state index contributed by atoms with van der Waals surface area (Å²) >= 11 is 0. The maximum atomic E-state index is 13.5. The number of halogens is 1. The standard InChI is InChI=1S/C30H43FN5O5P/c1-25(21-36-23-35-28-29(32)33-22-34-30(28)36)40-24-42(37,38)41-20-14-19-39-18-13-9-7-5-3-2-4-6-8-10-15-26-16-11-12-17-27(26)31/h11-12,16-17,22-23,25H,2-9,13-14,18-21,24H2,1H3,(H,37,38)(H2,32,33,34)/t25-/m1/s1. The van der Waals surface area contributed by atoms with E-state index in [1.807, 2.05) is 0 Å². The van der Waals surface area contributed by atoms with E-state index in [0.717, 1.165) is 32.1 Å². The SMILES string of the molecule is C[C@H](Cn1cnc2c(N)ncnc21)OCP(=O)(O)OCCCOCCCCCCCCCCC#Cc1ccccc1F. The van der Waals surface area contributed by atoms with E-state index in [4.69, 9.17) is 19.7 Å². The summed E-state index contributed by atoms with van der Waals surface area (Å²) in [6.07, 6.45) is 12.7. The van der Waals surface area contributed by atoms with Gasteiger partial charge in [-0.1, -0.05) is 62.5 Å². The third kappa shape index (κ3) is 12.6. The predicted molar refractivity (Wildman–Crippen MR) is 161 cm³/mol. The molecule has 0 radical (unpaired) electrons. The topological polar surface area (TPSA) is 135 Å². The second-order valence-electron chi connectivity index (χ2n) is 10.2. The Balaban J connectivity index is 1.10. The summed E-state index contributed by atoms with van der Waals surface area (Å²) in [4.78, 5) is 22.4. The summed E-state index contributed by atoms with van der Waals surface area (Å²) in [5, 5.41) is 0. The number of unbranched alkanes of at least 4 members (excludes halogenated alkanes) is 8. The third-order valence-corrected chi connectivity index (χ3v) is 7.63. The normalized spacial score (nSPS) is 13.5. The summed E-state index contributed by atoms with van der Waals surface area (Å²) in [7, 11) is -3.86. The highest BCUT2D eigenvalue weighted by atomic mass is 31.2. The molecule has 2 heterocycles. The van der Waals surface area contributed by atoms with Gasteiger partial charge in [-0.25, -0.2) is 19.3 Å². The Morgan fingerprint density at radius 2 is 1.71 bits per heavy atom. The number of anilines is 1. The monoisotopic (exact) mass is 603 g/mol. The maximum Gasteiger partial charge on any atom is 0.353 e. The number of rotatable bonds is 20. The Labute approximate surface area is 247 Å². The number of nitrogen functional groups attached to an aromatic ring is 1. The molecule has 0 saturated heterocycles. The van der Waals surface area contributed by atoms with Crippen LogP contribution in [0.4, 0.5) is 10.2 Å². The second kappa shape index (κ2) is 18.6. The summed E-state index contributed by atoms with van der Waals surface area (Å²) in [6.45, 7) is 3.46. The Hall–Kier alpha value is -2.87. The number of nitrogens with two attached hydrogens (primary N) is 1. The number of ether oxygens (including phenoxy) is 2.